The van der Waals surface area contributed by atoms with Gasteiger partial charge in [-0.05, 0) is 128 Å². The van der Waals surface area contributed by atoms with E-state index in [1.165, 1.54) is 0 Å². The molecular weight excluding hydrogens is 1590 g/mol. The predicted octanol–water partition coefficient (Wildman–Crippen LogP) is 30.0. The van der Waals surface area contributed by atoms with E-state index in [1.54, 1.807) is 57.7 Å². The summed E-state index contributed by atoms with van der Waals surface area (Å²) in [6.45, 7) is 0. The van der Waals surface area contributed by atoms with Crippen LogP contribution in [0.4, 0.5) is 0 Å². The second-order valence-electron chi connectivity index (χ2n) is 30.0. The maximum atomic E-state index is 7.63. The molecule has 122 heavy (non-hydrogen) atoms. The molecule has 18 heteroatoms. The molecule has 0 unspecified atom stereocenters. The first-order valence-electron chi connectivity index (χ1n) is 39.6. The van der Waals surface area contributed by atoms with Gasteiger partial charge in [-0.1, -0.05) is 158 Å². The van der Waals surface area contributed by atoms with Gasteiger partial charge in [0.25, 0.3) is 0 Å². The molecule has 11 aromatic carbocycles. The topological polar surface area (TPSA) is 182 Å². The summed E-state index contributed by atoms with van der Waals surface area (Å²) in [5, 5.41) is 18.9. The normalized spacial score (nSPS) is 11.9. The monoisotopic (exact) mass is 1640 g/mol. The van der Waals surface area contributed by atoms with Crippen molar-refractivity contribution in [2.75, 3.05) is 0 Å². The Bertz CT molecular complexity index is 8440. The summed E-state index contributed by atoms with van der Waals surface area (Å²) in [4.78, 5) is 38.3. The largest absolute Gasteiger partial charge is 0.455 e. The fourth-order valence-corrected chi connectivity index (χ4v) is 20.5. The summed E-state index contributed by atoms with van der Waals surface area (Å²) in [5.41, 5.74) is 29.2. The van der Waals surface area contributed by atoms with Gasteiger partial charge in [0.05, 0.1) is 0 Å². The Morgan fingerprint density at radius 3 is 1.17 bits per heavy atom. The lowest BCUT2D eigenvalue weighted by Gasteiger charge is -2.14. The minimum Gasteiger partial charge on any atom is -0.455 e. The molecule has 0 saturated heterocycles. The molecule has 25 aromatic rings. The first-order valence-corrected chi connectivity index (χ1v) is 43.1. The number of nitrogens with zero attached hydrogens (tertiary/aromatic N) is 8. The number of fused-ring (bicyclic) bond motifs is 13. The van der Waals surface area contributed by atoms with Gasteiger partial charge in [0.2, 0.25) is 0 Å². The van der Waals surface area contributed by atoms with Crippen molar-refractivity contribution in [1.82, 2.24) is 39.9 Å². The third-order valence-corrected chi connectivity index (χ3v) is 26.5. The lowest BCUT2D eigenvalue weighted by molar-refractivity contribution is 0.622. The number of aromatic nitrogens is 8. The maximum absolute atomic E-state index is 7.63. The van der Waals surface area contributed by atoms with Gasteiger partial charge in [-0.25, -0.2) is 19.9 Å². The maximum Gasteiger partial charge on any atom is 0.173 e. The van der Waals surface area contributed by atoms with Crippen LogP contribution in [0.15, 0.2) is 365 Å². The predicted molar refractivity (Wildman–Crippen MR) is 493 cm³/mol. The molecule has 14 nitrogen and oxygen atoms in total. The Labute approximate surface area is 709 Å². The molecule has 0 fully saturated rings. The summed E-state index contributed by atoms with van der Waals surface area (Å²) in [5.74, 6) is 1.17. The molecule has 0 saturated carbocycles. The van der Waals surface area contributed by atoms with Crippen molar-refractivity contribution in [2.24, 2.45) is 0 Å². The average Bonchev–Trinajstić information content (AvgIpc) is 1.54. The quantitative estimate of drug-likeness (QED) is 0.0945. The fraction of sp³-hybridized carbons (Fsp3) is 0. The van der Waals surface area contributed by atoms with Crippen molar-refractivity contribution < 1.29 is 26.5 Å². The van der Waals surface area contributed by atoms with Crippen LogP contribution in [0.3, 0.4) is 0 Å². The van der Waals surface area contributed by atoms with Crippen LogP contribution in [-0.4, -0.2) is 39.9 Å². The zero-order valence-electron chi connectivity index (χ0n) is 64.0. The van der Waals surface area contributed by atoms with E-state index in [4.69, 9.17) is 61.4 Å². The van der Waals surface area contributed by atoms with Crippen LogP contribution in [0.25, 0.3) is 264 Å². The van der Waals surface area contributed by atoms with Gasteiger partial charge in [0.1, 0.15) is 76.2 Å². The minimum atomic E-state index is 0.549. The third kappa shape index (κ3) is 11.3. The van der Waals surface area contributed by atoms with Gasteiger partial charge >= 0.3 is 0 Å². The zero-order chi connectivity index (χ0) is 80.0. The van der Waals surface area contributed by atoms with Gasteiger partial charge in [-0.3, -0.25) is 19.9 Å². The molecule has 14 heterocycles. The molecule has 0 aliphatic heterocycles. The van der Waals surface area contributed by atoms with E-state index in [1.807, 2.05) is 132 Å². The molecule has 572 valence electrons. The van der Waals surface area contributed by atoms with Crippen LogP contribution in [0, 0.1) is 0 Å². The molecule has 0 spiro atoms. The SMILES string of the molecule is c1cncc(-c2cc(-c3cc(-c4ccc5oc6c(-c7ccccc7-c7nccs7)cncc6c5c4)cc(-c4cc5oc(-c6cc(-c7ccc8oc9c(-c%10ccccc%10-c%10nccs%10)cncc9c8c7)c(-c7cccnc7)c7oc8c(-c9ccccc9-c9nccs9)cccc8c67)cc5o4)c3)cc3c2oc2c(-c4ccccc4-c4nccs4)cccc23)c1. The van der Waals surface area contributed by atoms with E-state index in [0.717, 1.165) is 225 Å². The highest BCUT2D eigenvalue weighted by Gasteiger charge is 2.30. The zero-order valence-corrected chi connectivity index (χ0v) is 67.3. The van der Waals surface area contributed by atoms with Crippen LogP contribution in [0.1, 0.15) is 0 Å². The van der Waals surface area contributed by atoms with Crippen LogP contribution < -0.4 is 0 Å². The Morgan fingerprint density at radius 1 is 0.197 bits per heavy atom. The van der Waals surface area contributed by atoms with Crippen molar-refractivity contribution in [1.29, 1.82) is 0 Å². The summed E-state index contributed by atoms with van der Waals surface area (Å²) < 4.78 is 43.4. The number of hydrogen-bond donors (Lipinski definition) is 0. The van der Waals surface area contributed by atoms with E-state index in [2.05, 4.69) is 199 Å². The smallest absolute Gasteiger partial charge is 0.173 e. The van der Waals surface area contributed by atoms with Crippen LogP contribution in [0.5, 0.6) is 0 Å². The first-order chi connectivity index (χ1) is 60.5. The molecule has 0 radical (unpaired) electrons. The lowest BCUT2D eigenvalue weighted by Crippen LogP contribution is -1.90. The van der Waals surface area contributed by atoms with Gasteiger partial charge in [0, 0.05) is 229 Å². The van der Waals surface area contributed by atoms with Crippen molar-refractivity contribution >= 4 is 144 Å². The number of rotatable bonds is 15. The van der Waals surface area contributed by atoms with Gasteiger partial charge < -0.3 is 26.5 Å². The molecule has 25 rings (SSSR count). The average molecular weight is 1640 g/mol. The number of para-hydroxylation sites is 2. The second-order valence-corrected chi connectivity index (χ2v) is 33.6. The van der Waals surface area contributed by atoms with Crippen LogP contribution in [-0.2, 0) is 0 Å². The summed E-state index contributed by atoms with van der Waals surface area (Å²) >= 11 is 6.42. The fourth-order valence-electron chi connectivity index (χ4n) is 17.8. The van der Waals surface area contributed by atoms with E-state index in [0.29, 0.717) is 39.4 Å². The molecule has 0 aliphatic carbocycles. The van der Waals surface area contributed by atoms with Crippen molar-refractivity contribution in [3.63, 3.8) is 0 Å². The van der Waals surface area contributed by atoms with Gasteiger partial charge in [0.15, 0.2) is 11.2 Å². The third-order valence-electron chi connectivity index (χ3n) is 23.2. The second kappa shape index (κ2) is 28.1. The Balaban J connectivity index is 0.689. The lowest BCUT2D eigenvalue weighted by atomic mass is 9.89. The van der Waals surface area contributed by atoms with E-state index in [-0.39, 0.29) is 0 Å². The molecular formula is C104H56N8O6S4. The minimum absolute atomic E-state index is 0.549. The molecule has 0 amide bonds. The van der Waals surface area contributed by atoms with E-state index in [9.17, 15) is 0 Å². The number of benzene rings is 11. The first kappa shape index (κ1) is 69.7. The Hall–Kier alpha value is -15.4. The summed E-state index contributed by atoms with van der Waals surface area (Å²) in [6.07, 6.45) is 22.4. The van der Waals surface area contributed by atoms with E-state index >= 15 is 0 Å². The standard InChI is InChI=1S/C104H56N8O6S4/c1-5-19-72(101-109-33-37-119-101)65(15-1)69-23-9-25-71-81-47-63(46-78(97(81)117-95(69)71)59-13-11-31-105-51-59)62-41-61(57-27-29-87-79(44-57)85-55-107-53-83(98(85)115-87)67-17-3-7-21-74(67)103-111-35-39-121-103)42-64(43-62)89-49-91-92(113-89)50-90(114-91)82-48-77(58-28-30-88-80(45-58)86-56-108-54-84(99(86)116-88)68-18-4-8-22-75(68)104-112-36-40-122-104)93(60-14-12-32-106-52-60)100-94(82)76-26-10-24-70(96(76)118-100)66-16-2-6-20-73(66)102-110-34-38-120-102/h1-56H. The molecule has 0 atom stereocenters. The number of hydrogen-bond acceptors (Lipinski definition) is 18. The summed E-state index contributed by atoms with van der Waals surface area (Å²) in [7, 11) is 0. The van der Waals surface area contributed by atoms with Gasteiger partial charge in [-0.2, -0.15) is 0 Å². The Kier molecular flexibility index (Phi) is 16.1. The van der Waals surface area contributed by atoms with Crippen LogP contribution in [0.2, 0.25) is 0 Å². The summed E-state index contributed by atoms with van der Waals surface area (Å²) in [6, 6.07) is 84.6. The van der Waals surface area contributed by atoms with Crippen molar-refractivity contribution in [3.8, 4) is 165 Å². The van der Waals surface area contributed by atoms with Gasteiger partial charge in [-0.15, -0.1) is 45.3 Å². The van der Waals surface area contributed by atoms with E-state index < -0.39 is 0 Å². The number of thiazole rings is 4. The molecule has 0 aliphatic rings. The number of pyridine rings is 4. The molecule has 14 aromatic heterocycles. The van der Waals surface area contributed by atoms with Crippen molar-refractivity contribution in [3.05, 3.63) is 339 Å². The molecule has 0 bridgehead atoms. The van der Waals surface area contributed by atoms with Crippen LogP contribution >= 0.6 is 45.3 Å². The highest BCUT2D eigenvalue weighted by Crippen LogP contribution is 2.54. The number of furan rings is 6. The molecule has 0 N–H and O–H groups in total. The Morgan fingerprint density at radius 2 is 0.631 bits per heavy atom. The van der Waals surface area contributed by atoms with Crippen molar-refractivity contribution in [2.45, 2.75) is 0 Å². The highest BCUT2D eigenvalue weighted by atomic mass is 32.1. The highest BCUT2D eigenvalue weighted by molar-refractivity contribution is 7.14.